The number of aliphatic imine (C=N–C) groups is 1. The third-order valence-electron chi connectivity index (χ3n) is 4.52. The van der Waals surface area contributed by atoms with Crippen molar-refractivity contribution < 1.29 is 24.3 Å². The van der Waals surface area contributed by atoms with Gasteiger partial charge in [-0.3, -0.25) is 24.2 Å². The van der Waals surface area contributed by atoms with Crippen molar-refractivity contribution in [1.29, 1.82) is 0 Å². The molecule has 0 aromatic heterocycles. The maximum atomic E-state index is 12.9. The lowest BCUT2D eigenvalue weighted by molar-refractivity contribution is -0.141. The fraction of sp³-hybridized carbons (Fsp3) is 0.737. The van der Waals surface area contributed by atoms with E-state index >= 15 is 0 Å². The highest BCUT2D eigenvalue weighted by Crippen LogP contribution is 2.07. The smallest absolute Gasteiger partial charge is 0.325 e. The molecule has 0 aromatic rings. The van der Waals surface area contributed by atoms with Gasteiger partial charge in [0.25, 0.3) is 0 Å². The first-order valence-corrected chi connectivity index (χ1v) is 11.7. The third-order valence-corrected chi connectivity index (χ3v) is 5.17. The van der Waals surface area contributed by atoms with Crippen LogP contribution in [0.5, 0.6) is 0 Å². The summed E-state index contributed by atoms with van der Waals surface area (Å²) in [6.45, 7) is 5.04. The van der Waals surface area contributed by atoms with Crippen molar-refractivity contribution in [2.24, 2.45) is 28.1 Å². The lowest BCUT2D eigenvalue weighted by Crippen LogP contribution is -2.58. The zero-order valence-electron chi connectivity index (χ0n) is 19.1. The number of carboxylic acids is 1. The fourth-order valence-electron chi connectivity index (χ4n) is 2.58. The molecule has 0 aliphatic carbocycles. The number of amides is 3. The minimum atomic E-state index is -1.21. The van der Waals surface area contributed by atoms with Crippen molar-refractivity contribution in [1.82, 2.24) is 16.0 Å². The van der Waals surface area contributed by atoms with Crippen LogP contribution in [0.1, 0.15) is 40.0 Å². The average Bonchev–Trinajstić information content (AvgIpc) is 2.71. The normalized spacial score (nSPS) is 14.6. The molecule has 3 amide bonds. The Morgan fingerprint density at radius 3 is 2.09 bits per heavy atom. The maximum Gasteiger partial charge on any atom is 0.325 e. The van der Waals surface area contributed by atoms with Gasteiger partial charge in [-0.25, -0.2) is 0 Å². The Bertz CT molecular complexity index is 670. The molecule has 0 fully saturated rings. The van der Waals surface area contributed by atoms with E-state index < -0.39 is 47.9 Å². The number of thioether (sulfide) groups is 1. The lowest BCUT2D eigenvalue weighted by Gasteiger charge is -2.26. The molecule has 0 bridgehead atoms. The fourth-order valence-corrected chi connectivity index (χ4v) is 3.07. The van der Waals surface area contributed by atoms with Gasteiger partial charge < -0.3 is 38.3 Å². The van der Waals surface area contributed by atoms with Crippen LogP contribution in [0.3, 0.4) is 0 Å². The van der Waals surface area contributed by atoms with Crippen molar-refractivity contribution in [2.75, 3.05) is 18.6 Å². The highest BCUT2D eigenvalue weighted by molar-refractivity contribution is 7.98. The average molecular weight is 476 g/mol. The van der Waals surface area contributed by atoms with Crippen molar-refractivity contribution in [2.45, 2.75) is 64.2 Å². The predicted octanol–water partition coefficient (Wildman–Crippen LogP) is -1.66. The number of hydrogen-bond donors (Lipinski definition) is 7. The van der Waals surface area contributed by atoms with Crippen LogP contribution >= 0.6 is 11.8 Å². The lowest BCUT2D eigenvalue weighted by atomic mass is 10.0. The van der Waals surface area contributed by atoms with Gasteiger partial charge >= 0.3 is 5.97 Å². The molecule has 0 rings (SSSR count). The Kier molecular flexibility index (Phi) is 14.1. The van der Waals surface area contributed by atoms with E-state index in [9.17, 15) is 19.2 Å². The molecule has 0 aromatic carbocycles. The Hall–Kier alpha value is -2.54. The van der Waals surface area contributed by atoms with E-state index in [2.05, 4.69) is 20.9 Å². The molecule has 0 spiro atoms. The molecule has 0 aliphatic rings. The number of nitrogens with one attached hydrogen (secondary N) is 3. The highest BCUT2D eigenvalue weighted by Gasteiger charge is 2.30. The zero-order valence-corrected chi connectivity index (χ0v) is 19.9. The summed E-state index contributed by atoms with van der Waals surface area (Å²) in [6, 6.07) is -3.87. The number of carbonyl (C=O) groups is 4. The highest BCUT2D eigenvalue weighted by atomic mass is 32.2. The molecule has 0 saturated carbocycles. The number of guanidine groups is 1. The topological polar surface area (TPSA) is 215 Å². The number of rotatable bonds is 15. The van der Waals surface area contributed by atoms with Crippen LogP contribution < -0.4 is 33.2 Å². The van der Waals surface area contributed by atoms with E-state index in [1.165, 1.54) is 6.92 Å². The molecule has 10 N–H and O–H groups in total. The zero-order chi connectivity index (χ0) is 24.8. The number of aliphatic carboxylic acids is 1. The Balaban J connectivity index is 5.31. The number of carbonyl (C=O) groups excluding carboxylic acids is 3. The van der Waals surface area contributed by atoms with E-state index in [0.717, 1.165) is 0 Å². The molecule has 4 unspecified atom stereocenters. The van der Waals surface area contributed by atoms with Crippen molar-refractivity contribution in [3.05, 3.63) is 0 Å². The van der Waals surface area contributed by atoms with E-state index in [0.29, 0.717) is 18.6 Å². The molecular weight excluding hydrogens is 438 g/mol. The second kappa shape index (κ2) is 15.3. The molecule has 0 aliphatic heterocycles. The van der Waals surface area contributed by atoms with Crippen LogP contribution in [0.25, 0.3) is 0 Å². The molecule has 0 radical (unpaired) electrons. The van der Waals surface area contributed by atoms with E-state index in [-0.39, 0.29) is 24.8 Å². The standard InChI is InChI=1S/C19H37N7O5S/c1-10(2)14(26-15(27)12(20)7-9-32-4)17(29)25-13(6-5-8-23-19(21)22)16(28)24-11(3)18(30)31/h10-14H,5-9,20H2,1-4H3,(H,24,28)(H,25,29)(H,26,27)(H,30,31)(H4,21,22,23). The summed E-state index contributed by atoms with van der Waals surface area (Å²) in [5.74, 6) is -2.59. The minimum absolute atomic E-state index is 0.102. The van der Waals surface area contributed by atoms with Crippen LogP contribution in [0.4, 0.5) is 0 Å². The van der Waals surface area contributed by atoms with Gasteiger partial charge in [-0.1, -0.05) is 13.8 Å². The SMILES string of the molecule is CSCCC(N)C(=O)NC(C(=O)NC(CCCN=C(N)N)C(=O)NC(C)C(=O)O)C(C)C. The summed E-state index contributed by atoms with van der Waals surface area (Å²) in [7, 11) is 0. The van der Waals surface area contributed by atoms with Crippen molar-refractivity contribution in [3.8, 4) is 0 Å². The summed E-state index contributed by atoms with van der Waals surface area (Å²) in [4.78, 5) is 52.7. The summed E-state index contributed by atoms with van der Waals surface area (Å²) in [5.41, 5.74) is 16.5. The second-order valence-electron chi connectivity index (χ2n) is 7.70. The first-order chi connectivity index (χ1) is 14.9. The van der Waals surface area contributed by atoms with Gasteiger partial charge in [-0.15, -0.1) is 0 Å². The summed E-state index contributed by atoms with van der Waals surface area (Å²) < 4.78 is 0. The molecule has 13 heteroatoms. The Labute approximate surface area is 192 Å². The minimum Gasteiger partial charge on any atom is -0.480 e. The van der Waals surface area contributed by atoms with Crippen LogP contribution in [-0.2, 0) is 19.2 Å². The van der Waals surface area contributed by atoms with E-state index in [1.807, 2.05) is 6.26 Å². The molecule has 4 atom stereocenters. The van der Waals surface area contributed by atoms with Gasteiger partial charge in [0.05, 0.1) is 6.04 Å². The van der Waals surface area contributed by atoms with Gasteiger partial charge in [0, 0.05) is 6.54 Å². The first kappa shape index (κ1) is 29.5. The number of hydrogen-bond acceptors (Lipinski definition) is 7. The molecule has 12 nitrogen and oxygen atoms in total. The third kappa shape index (κ3) is 11.7. The van der Waals surface area contributed by atoms with E-state index in [4.69, 9.17) is 22.3 Å². The monoisotopic (exact) mass is 475 g/mol. The molecule has 184 valence electrons. The number of nitrogens with two attached hydrogens (primary N) is 3. The maximum absolute atomic E-state index is 12.9. The van der Waals surface area contributed by atoms with Crippen molar-refractivity contribution >= 4 is 41.4 Å². The van der Waals surface area contributed by atoms with E-state index in [1.54, 1.807) is 25.6 Å². The van der Waals surface area contributed by atoms with Gasteiger partial charge in [0.2, 0.25) is 17.7 Å². The van der Waals surface area contributed by atoms with Crippen molar-refractivity contribution in [3.63, 3.8) is 0 Å². The van der Waals surface area contributed by atoms with Crippen LogP contribution in [0.15, 0.2) is 4.99 Å². The molecule has 32 heavy (non-hydrogen) atoms. The molecule has 0 saturated heterocycles. The van der Waals surface area contributed by atoms with Crippen LogP contribution in [0, 0.1) is 5.92 Å². The Morgan fingerprint density at radius 2 is 1.59 bits per heavy atom. The molecule has 0 heterocycles. The van der Waals surface area contributed by atoms with Gasteiger partial charge in [0.1, 0.15) is 18.1 Å². The first-order valence-electron chi connectivity index (χ1n) is 10.3. The van der Waals surface area contributed by atoms with Gasteiger partial charge in [0.15, 0.2) is 5.96 Å². The number of carboxylic acid groups (broad SMARTS) is 1. The quantitative estimate of drug-likeness (QED) is 0.0817. The van der Waals surface area contributed by atoms with Crippen LogP contribution in [-0.4, -0.2) is 77.5 Å². The van der Waals surface area contributed by atoms with Crippen LogP contribution in [0.2, 0.25) is 0 Å². The summed E-state index contributed by atoms with van der Waals surface area (Å²) in [5, 5.41) is 16.6. The second-order valence-corrected chi connectivity index (χ2v) is 8.68. The van der Waals surface area contributed by atoms with Gasteiger partial charge in [-0.05, 0) is 44.1 Å². The van der Waals surface area contributed by atoms with Gasteiger partial charge in [-0.2, -0.15) is 11.8 Å². The number of nitrogens with zero attached hydrogens (tertiary/aromatic N) is 1. The largest absolute Gasteiger partial charge is 0.480 e. The summed E-state index contributed by atoms with van der Waals surface area (Å²) in [6.07, 6.45) is 2.88. The molecular formula is C19H37N7O5S. The Morgan fingerprint density at radius 1 is 0.969 bits per heavy atom. The predicted molar refractivity (Wildman–Crippen MR) is 125 cm³/mol. The summed E-state index contributed by atoms with van der Waals surface area (Å²) >= 11 is 1.56.